The highest BCUT2D eigenvalue weighted by Gasteiger charge is 2.33. The van der Waals surface area contributed by atoms with Crippen LogP contribution in [0.4, 0.5) is 8.78 Å². The number of hydrogen-bond donors (Lipinski definition) is 0. The first-order valence-corrected chi connectivity index (χ1v) is 22.8. The van der Waals surface area contributed by atoms with E-state index in [9.17, 15) is 9.59 Å². The molecule has 0 aromatic heterocycles. The zero-order valence-corrected chi connectivity index (χ0v) is 38.6. The Morgan fingerprint density at radius 2 is 1.00 bits per heavy atom. The monoisotopic (exact) mass is 966 g/mol. The second-order valence-electron chi connectivity index (χ2n) is 15.2. The van der Waals surface area contributed by atoms with E-state index in [4.69, 9.17) is 61.7 Å². The molecule has 0 N–H and O–H groups in total. The smallest absolute Gasteiger partial charge is 0.338 e. The van der Waals surface area contributed by atoms with Crippen LogP contribution in [0, 0.1) is 11.6 Å². The van der Waals surface area contributed by atoms with Crippen molar-refractivity contribution >= 4 is 35.1 Å². The Labute approximate surface area is 404 Å². The van der Waals surface area contributed by atoms with E-state index in [0.29, 0.717) is 95.3 Å². The summed E-state index contributed by atoms with van der Waals surface area (Å²) >= 11 is 11.2. The molecule has 0 saturated carbocycles. The van der Waals surface area contributed by atoms with E-state index in [1.165, 1.54) is 12.1 Å². The number of allylic oxidation sites excluding steroid dienone is 2. The van der Waals surface area contributed by atoms with Gasteiger partial charge in [-0.05, 0) is 89.5 Å². The molecule has 0 saturated heterocycles. The highest BCUT2D eigenvalue weighted by atomic mass is 35.5. The maximum Gasteiger partial charge on any atom is 0.338 e. The van der Waals surface area contributed by atoms with Crippen molar-refractivity contribution < 1.29 is 56.9 Å². The molecule has 0 aliphatic carbocycles. The predicted octanol–water partition coefficient (Wildman–Crippen LogP) is 13.3. The van der Waals surface area contributed by atoms with Gasteiger partial charge in [0.15, 0.2) is 12.2 Å². The van der Waals surface area contributed by atoms with E-state index < -0.39 is 35.8 Å². The van der Waals surface area contributed by atoms with Crippen LogP contribution < -0.4 is 4.74 Å². The van der Waals surface area contributed by atoms with Crippen molar-refractivity contribution in [1.29, 1.82) is 0 Å². The Morgan fingerprint density at radius 3 is 1.49 bits per heavy atom. The van der Waals surface area contributed by atoms with Gasteiger partial charge in [-0.2, -0.15) is 9.78 Å². The Morgan fingerprint density at radius 1 is 0.529 bits per heavy atom. The summed E-state index contributed by atoms with van der Waals surface area (Å²) in [5, 5.41) is 0. The molecule has 6 rings (SSSR count). The molecule has 14 heteroatoms. The van der Waals surface area contributed by atoms with E-state index in [1.54, 1.807) is 121 Å². The molecule has 354 valence electrons. The number of alkyl halides is 2. The highest BCUT2D eigenvalue weighted by Crippen LogP contribution is 2.37. The SMILES string of the molecule is C=C(CCl)OOCCCCOc1ccc(-c2ccc(C(=O)O[C@H](c3ccccc3)[C@H](OC(=O)c3ccc(-c4ccc(COCCCOOC(=C)CCl)cc4F)cc3)c3ccccc3)cc2)c(F)c1. The summed E-state index contributed by atoms with van der Waals surface area (Å²) in [6.45, 7) is 8.67. The molecule has 2 atom stereocenters. The summed E-state index contributed by atoms with van der Waals surface area (Å²) in [5.74, 6) is -1.07. The van der Waals surface area contributed by atoms with Crippen molar-refractivity contribution in [1.82, 2.24) is 0 Å². The summed E-state index contributed by atoms with van der Waals surface area (Å²) in [5.41, 5.74) is 3.92. The lowest BCUT2D eigenvalue weighted by molar-refractivity contribution is -0.262. The molecule has 10 nitrogen and oxygen atoms in total. The van der Waals surface area contributed by atoms with Gasteiger partial charge in [0, 0.05) is 23.8 Å². The van der Waals surface area contributed by atoms with E-state index in [-0.39, 0.29) is 36.1 Å². The van der Waals surface area contributed by atoms with Gasteiger partial charge in [0.2, 0.25) is 0 Å². The van der Waals surface area contributed by atoms with Crippen molar-refractivity contribution in [3.05, 3.63) is 210 Å². The molecule has 0 radical (unpaired) electrons. The molecule has 0 bridgehead atoms. The van der Waals surface area contributed by atoms with Gasteiger partial charge in [0.25, 0.3) is 0 Å². The highest BCUT2D eigenvalue weighted by molar-refractivity contribution is 6.19. The summed E-state index contributed by atoms with van der Waals surface area (Å²) in [7, 11) is 0. The van der Waals surface area contributed by atoms with Gasteiger partial charge in [0.05, 0.1) is 49.3 Å². The fourth-order valence-electron chi connectivity index (χ4n) is 6.69. The predicted molar refractivity (Wildman–Crippen MR) is 256 cm³/mol. The summed E-state index contributed by atoms with van der Waals surface area (Å²) < 4.78 is 54.5. The molecule has 0 heterocycles. The Balaban J connectivity index is 1.09. The topological polar surface area (TPSA) is 108 Å². The van der Waals surface area contributed by atoms with Crippen LogP contribution in [0.2, 0.25) is 0 Å². The van der Waals surface area contributed by atoms with E-state index in [0.717, 1.165) is 0 Å². The third-order valence-electron chi connectivity index (χ3n) is 10.2. The molecule has 0 aliphatic rings. The Kier molecular flexibility index (Phi) is 20.0. The van der Waals surface area contributed by atoms with Gasteiger partial charge >= 0.3 is 11.9 Å². The molecule has 6 aromatic carbocycles. The van der Waals surface area contributed by atoms with Gasteiger partial charge in [-0.25, -0.2) is 18.4 Å². The molecular weight excluding hydrogens is 917 g/mol. The maximum atomic E-state index is 15.4. The minimum atomic E-state index is -1.09. The molecule has 0 amide bonds. The van der Waals surface area contributed by atoms with Gasteiger partial charge in [-0.15, -0.1) is 23.2 Å². The largest absolute Gasteiger partial charge is 0.493 e. The van der Waals surface area contributed by atoms with Gasteiger partial charge in [-0.1, -0.05) is 110 Å². The summed E-state index contributed by atoms with van der Waals surface area (Å²) in [6.07, 6.45) is -0.331. The van der Waals surface area contributed by atoms with Crippen LogP contribution in [0.15, 0.2) is 170 Å². The van der Waals surface area contributed by atoms with Crippen molar-refractivity contribution in [2.24, 2.45) is 0 Å². The van der Waals surface area contributed by atoms with Crippen molar-refractivity contribution in [3.8, 4) is 28.0 Å². The van der Waals surface area contributed by atoms with Crippen LogP contribution in [-0.4, -0.2) is 50.1 Å². The van der Waals surface area contributed by atoms with Crippen molar-refractivity contribution in [2.45, 2.75) is 38.1 Å². The van der Waals surface area contributed by atoms with Crippen molar-refractivity contribution in [3.63, 3.8) is 0 Å². The molecule has 0 spiro atoms. The number of carbonyl (C=O) groups is 2. The number of ether oxygens (including phenoxy) is 4. The molecule has 0 unspecified atom stereocenters. The summed E-state index contributed by atoms with van der Waals surface area (Å²) in [6, 6.07) is 40.1. The van der Waals surface area contributed by atoms with E-state index >= 15 is 8.78 Å². The zero-order chi connectivity index (χ0) is 48.1. The van der Waals surface area contributed by atoms with Crippen molar-refractivity contribution in [2.75, 3.05) is 38.2 Å². The zero-order valence-electron chi connectivity index (χ0n) is 37.1. The second-order valence-corrected chi connectivity index (χ2v) is 15.7. The van der Waals surface area contributed by atoms with Crippen LogP contribution in [0.1, 0.15) is 68.9 Å². The number of unbranched alkanes of at least 4 members (excludes halogenated alkanes) is 1. The standard InChI is InChI=1S/C54H50Cl2F2O10/c1-37(34-55)67-63-30-10-9-29-62-46-25-27-48(50(58)33-46)41-19-23-45(24-20-41)54(60)66-52(43-14-7-4-8-15-43)51(42-12-5-3-6-13-42)65-53(59)44-21-17-40(18-22-44)47-26-16-39(32-49(47)57)36-61-28-11-31-64-68-38(2)35-56/h3-8,12-27,32-33,51-52H,1-2,9-11,28-31,34-36H2/t51-,52-/m1/s1. The third kappa shape index (κ3) is 15.2. The third-order valence-corrected chi connectivity index (χ3v) is 10.8. The normalized spacial score (nSPS) is 11.8. The van der Waals surface area contributed by atoms with E-state index in [2.05, 4.69) is 13.2 Å². The number of hydrogen-bond acceptors (Lipinski definition) is 10. The number of halogens is 4. The van der Waals surface area contributed by atoms with E-state index in [1.807, 2.05) is 12.1 Å². The van der Waals surface area contributed by atoms with Crippen LogP contribution in [0.5, 0.6) is 5.75 Å². The molecule has 68 heavy (non-hydrogen) atoms. The molecular formula is C54H50Cl2F2O10. The first-order valence-electron chi connectivity index (χ1n) is 21.7. The maximum absolute atomic E-state index is 15.4. The van der Waals surface area contributed by atoms with Gasteiger partial charge in [-0.3, -0.25) is 0 Å². The lowest BCUT2D eigenvalue weighted by atomic mass is 9.97. The first kappa shape index (κ1) is 50.9. The lowest BCUT2D eigenvalue weighted by Crippen LogP contribution is -2.23. The van der Waals surface area contributed by atoms with Crippen LogP contribution in [-0.2, 0) is 40.4 Å². The fraction of sp³-hybridized carbons (Fsp3) is 0.222. The Hall–Kier alpha value is -6.54. The van der Waals surface area contributed by atoms with Gasteiger partial charge in [0.1, 0.15) is 28.9 Å². The average Bonchev–Trinajstić information content (AvgIpc) is 3.37. The van der Waals surface area contributed by atoms with Crippen LogP contribution in [0.25, 0.3) is 22.3 Å². The summed E-state index contributed by atoms with van der Waals surface area (Å²) in [4.78, 5) is 47.6. The van der Waals surface area contributed by atoms with Crippen LogP contribution >= 0.6 is 23.2 Å². The number of rotatable bonds is 27. The molecule has 6 aromatic rings. The minimum Gasteiger partial charge on any atom is -0.493 e. The number of benzene rings is 6. The Bertz CT molecular complexity index is 2380. The van der Waals surface area contributed by atoms with Crippen LogP contribution in [0.3, 0.4) is 0 Å². The lowest BCUT2D eigenvalue weighted by Gasteiger charge is -2.28. The minimum absolute atomic E-state index is 0.132. The quantitative estimate of drug-likeness (QED) is 0.0124. The second kappa shape index (κ2) is 26.7. The first-order chi connectivity index (χ1) is 33.1. The molecule has 0 aliphatic heterocycles. The number of carbonyl (C=O) groups excluding carboxylic acids is 2. The fourth-order valence-corrected chi connectivity index (χ4v) is 6.78. The van der Waals surface area contributed by atoms with Gasteiger partial charge < -0.3 is 28.7 Å². The molecule has 0 fully saturated rings. The average molecular weight is 968 g/mol. The number of esters is 2.